The Labute approximate surface area is 221 Å². The number of hydrogen-bond acceptors (Lipinski definition) is 8. The summed E-state index contributed by atoms with van der Waals surface area (Å²) in [5.74, 6) is 1.16. The van der Waals surface area contributed by atoms with E-state index in [1.165, 1.54) is 16.8 Å². The summed E-state index contributed by atoms with van der Waals surface area (Å²) in [5, 5.41) is 15.7. The summed E-state index contributed by atoms with van der Waals surface area (Å²) in [6, 6.07) is 16.1. The maximum atomic E-state index is 12.7. The number of aliphatic imine (C=N–C) groups is 1. The fraction of sp³-hybridized carbons (Fsp3) is 0.115. The molecule has 9 nitrogen and oxygen atoms in total. The molecule has 1 amide bonds. The highest BCUT2D eigenvalue weighted by Gasteiger charge is 2.36. The van der Waals surface area contributed by atoms with Gasteiger partial charge in [0.1, 0.15) is 24.0 Å². The van der Waals surface area contributed by atoms with Crippen LogP contribution in [0.5, 0.6) is 17.2 Å². The van der Waals surface area contributed by atoms with Gasteiger partial charge in [-0.2, -0.15) is 15.1 Å². The quantitative estimate of drug-likeness (QED) is 0.325. The summed E-state index contributed by atoms with van der Waals surface area (Å²) in [6.45, 7) is 0.562. The van der Waals surface area contributed by atoms with E-state index in [4.69, 9.17) is 31.2 Å². The summed E-state index contributed by atoms with van der Waals surface area (Å²) in [7, 11) is 1.58. The normalized spacial score (nSPS) is 15.8. The van der Waals surface area contributed by atoms with Gasteiger partial charge < -0.3 is 14.2 Å². The van der Waals surface area contributed by atoms with Crippen molar-refractivity contribution in [2.45, 2.75) is 0 Å². The van der Waals surface area contributed by atoms with E-state index in [1.807, 2.05) is 30.3 Å². The summed E-state index contributed by atoms with van der Waals surface area (Å²) in [5.41, 5.74) is 1.51. The average molecular weight is 534 g/mol. The molecule has 0 unspecified atom stereocenters. The van der Waals surface area contributed by atoms with Gasteiger partial charge in [-0.1, -0.05) is 29.8 Å². The molecule has 0 spiro atoms. The van der Waals surface area contributed by atoms with Crippen molar-refractivity contribution in [3.05, 3.63) is 88.7 Å². The summed E-state index contributed by atoms with van der Waals surface area (Å²) >= 11 is 7.64. The molecule has 0 aliphatic carbocycles. The zero-order valence-corrected chi connectivity index (χ0v) is 21.1. The average Bonchev–Trinajstić information content (AvgIpc) is 3.35. The van der Waals surface area contributed by atoms with Crippen molar-refractivity contribution in [2.75, 3.05) is 20.3 Å². The highest BCUT2D eigenvalue weighted by molar-refractivity contribution is 8.27. The standard InChI is InChI=1S/C26H20ClN5O4S/c1-34-21-6-2-3-7-22(21)36-12-11-35-20-9-8-16(14-19(20)27)13-18-23(28)32-26(30-24(18)33)37-25(31-32)17-5-4-10-29-15-17/h2-10,13-15,28H,11-12H2,1H3/b18-13-,28-23?. The lowest BCUT2D eigenvalue weighted by Crippen LogP contribution is -2.35. The van der Waals surface area contributed by atoms with Crippen LogP contribution in [0.3, 0.4) is 0 Å². The molecule has 0 atom stereocenters. The van der Waals surface area contributed by atoms with Gasteiger partial charge in [-0.25, -0.2) is 0 Å². The second-order valence-corrected chi connectivity index (χ2v) is 9.07. The summed E-state index contributed by atoms with van der Waals surface area (Å²) < 4.78 is 16.7. The van der Waals surface area contributed by atoms with Crippen LogP contribution >= 0.6 is 23.4 Å². The molecule has 1 aromatic heterocycles. The van der Waals surface area contributed by atoms with Crippen molar-refractivity contribution in [1.29, 1.82) is 5.41 Å². The fourth-order valence-electron chi connectivity index (χ4n) is 3.53. The van der Waals surface area contributed by atoms with E-state index in [1.54, 1.807) is 49.8 Å². The number of nitrogens with zero attached hydrogens (tertiary/aromatic N) is 4. The number of ether oxygens (including phenoxy) is 3. The molecule has 11 heteroatoms. The Morgan fingerprint density at radius 1 is 1.05 bits per heavy atom. The van der Waals surface area contributed by atoms with Gasteiger partial charge in [0, 0.05) is 18.0 Å². The monoisotopic (exact) mass is 533 g/mol. The van der Waals surface area contributed by atoms with Gasteiger partial charge in [-0.3, -0.25) is 15.2 Å². The van der Waals surface area contributed by atoms with Gasteiger partial charge in [0.2, 0.25) is 5.17 Å². The van der Waals surface area contributed by atoms with Crippen molar-refractivity contribution in [3.8, 4) is 17.2 Å². The number of amides is 1. The molecule has 5 rings (SSSR count). The number of hydrogen-bond donors (Lipinski definition) is 1. The van der Waals surface area contributed by atoms with Crippen LogP contribution < -0.4 is 14.2 Å². The van der Waals surface area contributed by atoms with Crippen molar-refractivity contribution in [1.82, 2.24) is 9.99 Å². The third-order valence-corrected chi connectivity index (χ3v) is 6.55. The Morgan fingerprint density at radius 3 is 2.57 bits per heavy atom. The maximum Gasteiger partial charge on any atom is 0.283 e. The lowest BCUT2D eigenvalue weighted by atomic mass is 10.1. The van der Waals surface area contributed by atoms with Crippen LogP contribution in [0.1, 0.15) is 11.1 Å². The third-order valence-electron chi connectivity index (χ3n) is 5.30. The van der Waals surface area contributed by atoms with Crippen LogP contribution in [0.15, 0.2) is 82.7 Å². The molecule has 3 aromatic rings. The number of para-hydroxylation sites is 2. The van der Waals surface area contributed by atoms with Crippen LogP contribution in [0.4, 0.5) is 0 Å². The van der Waals surface area contributed by atoms with Gasteiger partial charge in [0.15, 0.2) is 17.3 Å². The van der Waals surface area contributed by atoms with Gasteiger partial charge in [-0.15, -0.1) is 0 Å². The molecule has 2 aliphatic heterocycles. The molecular weight excluding hydrogens is 514 g/mol. The van der Waals surface area contributed by atoms with Crippen LogP contribution in [-0.4, -0.2) is 52.3 Å². The number of pyridine rings is 1. The molecule has 1 N–H and O–H groups in total. The lowest BCUT2D eigenvalue weighted by Gasteiger charge is -2.20. The minimum absolute atomic E-state index is 0.0636. The number of methoxy groups -OCH3 is 1. The summed E-state index contributed by atoms with van der Waals surface area (Å²) in [4.78, 5) is 20.9. The number of carbonyl (C=O) groups excluding carboxylic acids is 1. The highest BCUT2D eigenvalue weighted by atomic mass is 35.5. The summed E-state index contributed by atoms with van der Waals surface area (Å²) in [6.07, 6.45) is 4.90. The zero-order chi connectivity index (χ0) is 25.8. The SMILES string of the molecule is COc1ccccc1OCCOc1ccc(/C=C2/C(=N)N3N=C(c4cccnc4)SC3=NC2=O)cc1Cl. The molecule has 0 bridgehead atoms. The number of halogens is 1. The molecule has 3 heterocycles. The van der Waals surface area contributed by atoms with Crippen LogP contribution in [0.25, 0.3) is 6.08 Å². The molecule has 0 saturated carbocycles. The minimum atomic E-state index is -0.517. The van der Waals surface area contributed by atoms with E-state index in [2.05, 4.69) is 15.1 Å². The first-order chi connectivity index (χ1) is 18.0. The number of rotatable bonds is 8. The Kier molecular flexibility index (Phi) is 7.20. The fourth-order valence-corrected chi connectivity index (χ4v) is 4.65. The molecule has 2 aromatic carbocycles. The molecule has 2 aliphatic rings. The molecule has 37 heavy (non-hydrogen) atoms. The Balaban J connectivity index is 1.25. The predicted molar refractivity (Wildman–Crippen MR) is 144 cm³/mol. The number of hydrazone groups is 1. The topological polar surface area (TPSA) is 109 Å². The molecule has 0 radical (unpaired) electrons. The first-order valence-corrected chi connectivity index (χ1v) is 12.3. The number of benzene rings is 2. The van der Waals surface area contributed by atoms with Crippen molar-refractivity contribution in [3.63, 3.8) is 0 Å². The van der Waals surface area contributed by atoms with Crippen molar-refractivity contribution in [2.24, 2.45) is 10.1 Å². The van der Waals surface area contributed by atoms with E-state index >= 15 is 0 Å². The highest BCUT2D eigenvalue weighted by Crippen LogP contribution is 2.32. The van der Waals surface area contributed by atoms with E-state index in [-0.39, 0.29) is 18.0 Å². The first-order valence-electron chi connectivity index (χ1n) is 11.1. The van der Waals surface area contributed by atoms with Crippen LogP contribution in [0, 0.1) is 5.41 Å². The maximum absolute atomic E-state index is 12.7. The Hall–Kier alpha value is -4.15. The van der Waals surface area contributed by atoms with E-state index < -0.39 is 5.91 Å². The van der Waals surface area contributed by atoms with Crippen molar-refractivity contribution >= 4 is 51.4 Å². The zero-order valence-electron chi connectivity index (χ0n) is 19.6. The molecular formula is C26H20ClN5O4S. The van der Waals surface area contributed by atoms with Gasteiger partial charge in [-0.05, 0) is 59.8 Å². The number of amidine groups is 2. The van der Waals surface area contributed by atoms with Crippen molar-refractivity contribution < 1.29 is 19.0 Å². The number of fused-ring (bicyclic) bond motifs is 1. The van der Waals surface area contributed by atoms with Gasteiger partial charge in [0.25, 0.3) is 5.91 Å². The van der Waals surface area contributed by atoms with Gasteiger partial charge >= 0.3 is 0 Å². The van der Waals surface area contributed by atoms with E-state index in [0.717, 1.165) is 5.56 Å². The van der Waals surface area contributed by atoms with Gasteiger partial charge in [0.05, 0.1) is 17.7 Å². The lowest BCUT2D eigenvalue weighted by molar-refractivity contribution is -0.114. The number of carbonyl (C=O) groups is 1. The number of nitrogens with one attached hydrogen (secondary N) is 1. The smallest absolute Gasteiger partial charge is 0.283 e. The van der Waals surface area contributed by atoms with E-state index in [9.17, 15) is 4.79 Å². The first kappa shape index (κ1) is 24.5. The van der Waals surface area contributed by atoms with Crippen LogP contribution in [0.2, 0.25) is 5.02 Å². The predicted octanol–water partition coefficient (Wildman–Crippen LogP) is 4.87. The molecule has 186 valence electrons. The van der Waals surface area contributed by atoms with E-state index in [0.29, 0.717) is 44.7 Å². The minimum Gasteiger partial charge on any atom is -0.493 e. The molecule has 0 saturated heterocycles. The Morgan fingerprint density at radius 2 is 1.84 bits per heavy atom. The molecule has 0 fully saturated rings. The second-order valence-electron chi connectivity index (χ2n) is 7.70. The van der Waals surface area contributed by atoms with Crippen LogP contribution in [-0.2, 0) is 4.79 Å². The number of aromatic nitrogens is 1. The second kappa shape index (κ2) is 10.9. The third kappa shape index (κ3) is 5.35. The Bertz CT molecular complexity index is 1460. The number of thioether (sulfide) groups is 1. The largest absolute Gasteiger partial charge is 0.493 e.